The third-order valence-electron chi connectivity index (χ3n) is 6.80. The molecule has 2 atom stereocenters. The van der Waals surface area contributed by atoms with Gasteiger partial charge >= 0.3 is 5.97 Å². The van der Waals surface area contributed by atoms with Gasteiger partial charge in [0.2, 0.25) is 0 Å². The van der Waals surface area contributed by atoms with Crippen molar-refractivity contribution in [3.05, 3.63) is 108 Å². The normalized spacial score (nSPS) is 12.9. The lowest BCUT2D eigenvalue weighted by atomic mass is 9.94. The molecule has 0 aliphatic heterocycles. The Morgan fingerprint density at radius 3 is 2.07 bits per heavy atom. The first kappa shape index (κ1) is 31.3. The van der Waals surface area contributed by atoms with Crippen LogP contribution in [0.3, 0.4) is 0 Å². The quantitative estimate of drug-likeness (QED) is 0.170. The van der Waals surface area contributed by atoms with E-state index in [1.165, 1.54) is 30.3 Å². The average molecular weight is 590 g/mol. The van der Waals surface area contributed by atoms with Crippen LogP contribution in [0.4, 0.5) is 8.78 Å². The summed E-state index contributed by atoms with van der Waals surface area (Å²) in [6, 6.07) is 16.5. The lowest BCUT2D eigenvalue weighted by Gasteiger charge is -2.17. The van der Waals surface area contributed by atoms with Gasteiger partial charge in [-0.2, -0.15) is 0 Å². The number of aliphatic hydroxyl groups is 2. The summed E-state index contributed by atoms with van der Waals surface area (Å²) >= 11 is 0. The monoisotopic (exact) mass is 589 g/mol. The van der Waals surface area contributed by atoms with Crippen molar-refractivity contribution in [3.63, 3.8) is 0 Å². The van der Waals surface area contributed by atoms with Crippen LogP contribution in [-0.2, 0) is 11.3 Å². The number of nitrogens with zero attached hydrogens (tertiary/aromatic N) is 2. The number of nitrogens with one attached hydrogen (secondary N) is 1. The molecule has 0 saturated heterocycles. The van der Waals surface area contributed by atoms with Crippen LogP contribution in [-0.4, -0.2) is 49.0 Å². The van der Waals surface area contributed by atoms with Crippen LogP contribution in [0.5, 0.6) is 0 Å². The van der Waals surface area contributed by atoms with Gasteiger partial charge in [-0.05, 0) is 67.4 Å². The van der Waals surface area contributed by atoms with E-state index in [1.807, 2.05) is 19.9 Å². The Hall–Kier alpha value is -4.67. The maximum Gasteiger partial charge on any atom is 0.305 e. The van der Waals surface area contributed by atoms with E-state index in [0.29, 0.717) is 33.6 Å². The van der Waals surface area contributed by atoms with Gasteiger partial charge in [-0.15, -0.1) is 0 Å². The van der Waals surface area contributed by atoms with E-state index >= 15 is 0 Å². The van der Waals surface area contributed by atoms with Gasteiger partial charge in [0, 0.05) is 35.5 Å². The highest BCUT2D eigenvalue weighted by Gasteiger charge is 2.29. The van der Waals surface area contributed by atoms with Gasteiger partial charge in [0.05, 0.1) is 30.9 Å². The summed E-state index contributed by atoms with van der Waals surface area (Å²) < 4.78 is 29.8. The Kier molecular flexibility index (Phi) is 10.2. The summed E-state index contributed by atoms with van der Waals surface area (Å²) in [6.07, 6.45) is 1.41. The molecule has 2 aromatic carbocycles. The first-order chi connectivity index (χ1) is 20.5. The van der Waals surface area contributed by atoms with Gasteiger partial charge in [-0.25, -0.2) is 8.78 Å². The van der Waals surface area contributed by atoms with E-state index in [0.717, 1.165) is 0 Å². The summed E-state index contributed by atoms with van der Waals surface area (Å²) in [6.45, 7) is 3.90. The van der Waals surface area contributed by atoms with E-state index in [1.54, 1.807) is 53.2 Å². The molecule has 4 N–H and O–H groups in total. The maximum absolute atomic E-state index is 14.0. The van der Waals surface area contributed by atoms with Gasteiger partial charge in [0.1, 0.15) is 17.3 Å². The molecule has 8 nitrogen and oxygen atoms in total. The van der Waals surface area contributed by atoms with Crippen molar-refractivity contribution in [3.8, 4) is 22.3 Å². The lowest BCUT2D eigenvalue weighted by molar-refractivity contribution is -0.139. The number of hydrogen-bond acceptors (Lipinski definition) is 5. The molecule has 2 heterocycles. The van der Waals surface area contributed by atoms with Crippen molar-refractivity contribution in [2.24, 2.45) is 0 Å². The first-order valence-corrected chi connectivity index (χ1v) is 13.8. The molecule has 4 aromatic rings. The molecule has 0 aliphatic carbocycles. The molecule has 0 saturated carbocycles. The molecule has 10 heteroatoms. The number of amides is 1. The van der Waals surface area contributed by atoms with Gasteiger partial charge in [-0.1, -0.05) is 36.4 Å². The van der Waals surface area contributed by atoms with Crippen LogP contribution in [0.15, 0.2) is 79.0 Å². The third kappa shape index (κ3) is 7.79. The van der Waals surface area contributed by atoms with Gasteiger partial charge < -0.3 is 25.2 Å². The topological polar surface area (TPSA) is 125 Å². The van der Waals surface area contributed by atoms with Crippen LogP contribution in [0.2, 0.25) is 0 Å². The molecule has 0 bridgehead atoms. The number of hydrogen-bond donors (Lipinski definition) is 4. The summed E-state index contributed by atoms with van der Waals surface area (Å²) in [5, 5.41) is 32.5. The van der Waals surface area contributed by atoms with E-state index < -0.39 is 42.1 Å². The van der Waals surface area contributed by atoms with E-state index in [4.69, 9.17) is 5.11 Å². The Labute approximate surface area is 248 Å². The van der Waals surface area contributed by atoms with Crippen molar-refractivity contribution < 1.29 is 33.7 Å². The van der Waals surface area contributed by atoms with Crippen molar-refractivity contribution in [2.45, 2.75) is 51.5 Å². The Morgan fingerprint density at radius 2 is 1.53 bits per heavy atom. The van der Waals surface area contributed by atoms with Crippen LogP contribution in [0.25, 0.3) is 28.3 Å². The average Bonchev–Trinajstić information content (AvgIpc) is 3.31. The smallest absolute Gasteiger partial charge is 0.305 e. The molecule has 2 aromatic heterocycles. The van der Waals surface area contributed by atoms with Crippen LogP contribution >= 0.6 is 0 Å². The third-order valence-corrected chi connectivity index (χ3v) is 6.80. The van der Waals surface area contributed by atoms with Crippen molar-refractivity contribution in [2.75, 3.05) is 0 Å². The van der Waals surface area contributed by atoms with Crippen molar-refractivity contribution in [1.29, 1.82) is 0 Å². The molecule has 43 heavy (non-hydrogen) atoms. The van der Waals surface area contributed by atoms with Crippen molar-refractivity contribution >= 4 is 18.0 Å². The zero-order valence-corrected chi connectivity index (χ0v) is 23.7. The molecule has 224 valence electrons. The molecule has 0 unspecified atom stereocenters. The predicted molar refractivity (Wildman–Crippen MR) is 159 cm³/mol. The summed E-state index contributed by atoms with van der Waals surface area (Å²) in [5.74, 6) is -2.54. The van der Waals surface area contributed by atoms with Gasteiger partial charge in [0.15, 0.2) is 0 Å². The number of benzene rings is 2. The predicted octanol–water partition coefficient (Wildman–Crippen LogP) is 5.61. The summed E-state index contributed by atoms with van der Waals surface area (Å²) in [4.78, 5) is 29.2. The van der Waals surface area contributed by atoms with E-state index in [-0.39, 0.29) is 24.7 Å². The maximum atomic E-state index is 14.0. The Morgan fingerprint density at radius 1 is 0.930 bits per heavy atom. The van der Waals surface area contributed by atoms with Gasteiger partial charge in [-0.3, -0.25) is 14.6 Å². The molecule has 4 rings (SSSR count). The largest absolute Gasteiger partial charge is 0.481 e. The number of carbonyl (C=O) groups is 2. The highest BCUT2D eigenvalue weighted by atomic mass is 19.1. The molecule has 0 aliphatic rings. The Bertz CT molecular complexity index is 1580. The minimum atomic E-state index is -1.27. The number of aromatic nitrogens is 2. The zero-order chi connectivity index (χ0) is 31.1. The molecule has 0 fully saturated rings. The fraction of sp³-hybridized carbons (Fsp3) is 0.242. The lowest BCUT2D eigenvalue weighted by Crippen LogP contribution is -2.27. The number of carbonyl (C=O) groups excluding carboxylic acids is 1. The first-order valence-electron chi connectivity index (χ1n) is 13.8. The number of halogens is 2. The number of carboxylic acid groups (broad SMARTS) is 1. The van der Waals surface area contributed by atoms with Crippen LogP contribution in [0.1, 0.15) is 54.6 Å². The minimum absolute atomic E-state index is 0.142. The standard InChI is InChI=1S/C33H33F2N3O5/c1-20(2)38-28(15-14-26(39)17-27(40)18-29(41)42)30(21-6-10-23(34)11-7-21)31(22-8-12-24(35)13-9-22)32(38)33(43)37-19-25-5-3-4-16-36-25/h3-16,20,26-27,39-40H,17-19H2,1-2H3,(H,37,43)(H,41,42)/b15-14+/t26-,27-/m1/s1. The summed E-state index contributed by atoms with van der Waals surface area (Å²) in [7, 11) is 0. The number of aliphatic carboxylic acids is 1. The molecular weight excluding hydrogens is 556 g/mol. The number of carboxylic acids is 1. The number of pyridine rings is 1. The van der Waals surface area contributed by atoms with E-state index in [2.05, 4.69) is 10.3 Å². The number of aliphatic hydroxyl groups excluding tert-OH is 2. The second-order valence-electron chi connectivity index (χ2n) is 10.4. The van der Waals surface area contributed by atoms with Crippen molar-refractivity contribution in [1.82, 2.24) is 14.9 Å². The SMILES string of the molecule is CC(C)n1c(/C=C/[C@@H](O)C[C@@H](O)CC(=O)O)c(-c2ccc(F)cc2)c(-c2ccc(F)cc2)c1C(=O)NCc1ccccn1. The molecule has 0 radical (unpaired) electrons. The van der Waals surface area contributed by atoms with Crippen LogP contribution < -0.4 is 5.32 Å². The van der Waals surface area contributed by atoms with Crippen LogP contribution in [0, 0.1) is 11.6 Å². The second kappa shape index (κ2) is 14.0. The highest BCUT2D eigenvalue weighted by molar-refractivity contribution is 6.06. The molecule has 1 amide bonds. The molecule has 0 spiro atoms. The Balaban J connectivity index is 1.93. The van der Waals surface area contributed by atoms with E-state index in [9.17, 15) is 28.6 Å². The zero-order valence-electron chi connectivity index (χ0n) is 23.7. The molecular formula is C33H33F2N3O5. The second-order valence-corrected chi connectivity index (χ2v) is 10.4. The summed E-state index contributed by atoms with van der Waals surface area (Å²) in [5.41, 5.74) is 3.52. The fourth-order valence-electron chi connectivity index (χ4n) is 4.94. The highest BCUT2D eigenvalue weighted by Crippen LogP contribution is 2.42. The number of rotatable bonds is 12. The fourth-order valence-corrected chi connectivity index (χ4v) is 4.94. The van der Waals surface area contributed by atoms with Gasteiger partial charge in [0.25, 0.3) is 5.91 Å². The minimum Gasteiger partial charge on any atom is -0.481 e.